The molecule has 0 aromatic heterocycles. The number of hydrogen-bond donors (Lipinski definition) is 0. The van der Waals surface area contributed by atoms with E-state index in [9.17, 15) is 4.79 Å². The quantitative estimate of drug-likeness (QED) is 0.718. The van der Waals surface area contributed by atoms with Gasteiger partial charge < -0.3 is 9.64 Å². The number of ether oxygens (including phenoxy) is 1. The number of piperidine rings is 1. The van der Waals surface area contributed by atoms with Crippen LogP contribution in [0.1, 0.15) is 47.5 Å². The van der Waals surface area contributed by atoms with Crippen molar-refractivity contribution in [2.75, 3.05) is 18.4 Å². The van der Waals surface area contributed by atoms with Crippen LogP contribution in [0, 0.1) is 11.3 Å². The molecular formula is C14H26BrNO2. The monoisotopic (exact) mass is 319 g/mol. The fourth-order valence-electron chi connectivity index (χ4n) is 2.28. The predicted octanol–water partition coefficient (Wildman–Crippen LogP) is 4.05. The Morgan fingerprint density at radius 1 is 1.22 bits per heavy atom. The third-order valence-electron chi connectivity index (χ3n) is 3.60. The lowest BCUT2D eigenvalue weighted by atomic mass is 9.75. The van der Waals surface area contributed by atoms with Gasteiger partial charge in [-0.25, -0.2) is 4.79 Å². The molecule has 106 valence electrons. The minimum atomic E-state index is -0.400. The van der Waals surface area contributed by atoms with Gasteiger partial charge in [0.05, 0.1) is 0 Å². The van der Waals surface area contributed by atoms with Crippen LogP contribution in [0.4, 0.5) is 4.79 Å². The van der Waals surface area contributed by atoms with Crippen molar-refractivity contribution in [2.45, 2.75) is 53.1 Å². The van der Waals surface area contributed by atoms with Crippen molar-refractivity contribution < 1.29 is 9.53 Å². The van der Waals surface area contributed by atoms with Gasteiger partial charge in [-0.05, 0) is 44.9 Å². The molecular weight excluding hydrogens is 294 g/mol. The van der Waals surface area contributed by atoms with E-state index in [2.05, 4.69) is 29.8 Å². The lowest BCUT2D eigenvalue weighted by Crippen LogP contribution is -2.44. The van der Waals surface area contributed by atoms with E-state index < -0.39 is 5.60 Å². The van der Waals surface area contributed by atoms with Gasteiger partial charge in [0, 0.05) is 18.4 Å². The van der Waals surface area contributed by atoms with E-state index in [4.69, 9.17) is 4.74 Å². The molecule has 1 aliphatic heterocycles. The van der Waals surface area contributed by atoms with Crippen LogP contribution in [0.15, 0.2) is 0 Å². The van der Waals surface area contributed by atoms with Crippen LogP contribution in [0.3, 0.4) is 0 Å². The number of carbonyl (C=O) groups is 1. The SMILES string of the molecule is CC(C)(C)OC(=O)N1CCC(C(C)(C)CBr)CC1. The molecule has 0 aromatic rings. The zero-order valence-corrected chi connectivity index (χ0v) is 13.8. The molecule has 1 fully saturated rings. The van der Waals surface area contributed by atoms with Crippen LogP contribution < -0.4 is 0 Å². The summed E-state index contributed by atoms with van der Waals surface area (Å²) < 4.78 is 5.40. The largest absolute Gasteiger partial charge is 0.444 e. The van der Waals surface area contributed by atoms with Gasteiger partial charge in [0.1, 0.15) is 5.60 Å². The predicted molar refractivity (Wildman–Crippen MR) is 78.1 cm³/mol. The first-order chi connectivity index (χ1) is 8.15. The highest BCUT2D eigenvalue weighted by molar-refractivity contribution is 9.09. The molecule has 0 spiro atoms. The van der Waals surface area contributed by atoms with Crippen LogP contribution in [-0.2, 0) is 4.74 Å². The number of alkyl halides is 1. The number of hydrogen-bond acceptors (Lipinski definition) is 2. The molecule has 1 saturated heterocycles. The van der Waals surface area contributed by atoms with Gasteiger partial charge in [-0.3, -0.25) is 0 Å². The summed E-state index contributed by atoms with van der Waals surface area (Å²) >= 11 is 3.59. The molecule has 0 radical (unpaired) electrons. The highest BCUT2D eigenvalue weighted by Gasteiger charge is 2.34. The number of likely N-dealkylation sites (tertiary alicyclic amines) is 1. The fourth-order valence-corrected chi connectivity index (χ4v) is 2.74. The third kappa shape index (κ3) is 4.45. The van der Waals surface area contributed by atoms with Crippen LogP contribution in [0.5, 0.6) is 0 Å². The molecule has 0 unspecified atom stereocenters. The molecule has 18 heavy (non-hydrogen) atoms. The molecule has 4 heteroatoms. The van der Waals surface area contributed by atoms with Crippen molar-refractivity contribution in [3.63, 3.8) is 0 Å². The summed E-state index contributed by atoms with van der Waals surface area (Å²) in [7, 11) is 0. The molecule has 0 N–H and O–H groups in total. The normalized spacial score (nSPS) is 18.9. The molecule has 0 aromatic carbocycles. The lowest BCUT2D eigenvalue weighted by molar-refractivity contribution is 0.0132. The Morgan fingerprint density at radius 3 is 2.11 bits per heavy atom. The second kappa shape index (κ2) is 5.81. The van der Waals surface area contributed by atoms with Gasteiger partial charge in [-0.15, -0.1) is 0 Å². The van der Waals surface area contributed by atoms with Gasteiger partial charge in [-0.2, -0.15) is 0 Å². The summed E-state index contributed by atoms with van der Waals surface area (Å²) in [5, 5.41) is 1.01. The Bertz CT molecular complexity index is 289. The van der Waals surface area contributed by atoms with Crippen LogP contribution in [-0.4, -0.2) is 35.0 Å². The number of rotatable bonds is 2. The van der Waals surface area contributed by atoms with E-state index in [0.29, 0.717) is 11.3 Å². The molecule has 1 amide bonds. The van der Waals surface area contributed by atoms with E-state index in [-0.39, 0.29) is 6.09 Å². The maximum absolute atomic E-state index is 11.9. The fraction of sp³-hybridized carbons (Fsp3) is 0.929. The zero-order valence-electron chi connectivity index (χ0n) is 12.3. The highest BCUT2D eigenvalue weighted by atomic mass is 79.9. The topological polar surface area (TPSA) is 29.5 Å². The van der Waals surface area contributed by atoms with Crippen LogP contribution in [0.25, 0.3) is 0 Å². The minimum Gasteiger partial charge on any atom is -0.444 e. The molecule has 0 aliphatic carbocycles. The average Bonchev–Trinajstić information content (AvgIpc) is 2.27. The van der Waals surface area contributed by atoms with Gasteiger partial charge in [-0.1, -0.05) is 29.8 Å². The summed E-state index contributed by atoms with van der Waals surface area (Å²) in [5.74, 6) is 0.676. The molecule has 1 aliphatic rings. The number of halogens is 1. The summed E-state index contributed by atoms with van der Waals surface area (Å²) in [6.45, 7) is 11.9. The number of carbonyl (C=O) groups excluding carboxylic acids is 1. The lowest BCUT2D eigenvalue weighted by Gasteiger charge is -2.40. The molecule has 1 heterocycles. The summed E-state index contributed by atoms with van der Waals surface area (Å²) in [4.78, 5) is 13.8. The minimum absolute atomic E-state index is 0.169. The number of nitrogens with zero attached hydrogens (tertiary/aromatic N) is 1. The van der Waals surface area contributed by atoms with E-state index in [1.165, 1.54) is 0 Å². The zero-order chi connectivity index (χ0) is 14.0. The maximum atomic E-state index is 11.9. The van der Waals surface area contributed by atoms with Crippen molar-refractivity contribution in [3.8, 4) is 0 Å². The van der Waals surface area contributed by atoms with E-state index >= 15 is 0 Å². The first kappa shape index (κ1) is 15.8. The molecule has 0 saturated carbocycles. The first-order valence-corrected chi connectivity index (χ1v) is 7.82. The second-order valence-corrected chi connectivity index (χ2v) is 7.42. The first-order valence-electron chi connectivity index (χ1n) is 6.69. The van der Waals surface area contributed by atoms with Crippen molar-refractivity contribution in [1.29, 1.82) is 0 Å². The Hall–Kier alpha value is -0.250. The molecule has 3 nitrogen and oxygen atoms in total. The Balaban J connectivity index is 2.47. The van der Waals surface area contributed by atoms with E-state index in [1.54, 1.807) is 0 Å². The highest BCUT2D eigenvalue weighted by Crippen LogP contribution is 2.36. The summed E-state index contributed by atoms with van der Waals surface area (Å²) in [6.07, 6.45) is 1.97. The molecule has 0 bridgehead atoms. The summed E-state index contributed by atoms with van der Waals surface area (Å²) in [5.41, 5.74) is -0.0942. The van der Waals surface area contributed by atoms with Crippen LogP contribution >= 0.6 is 15.9 Å². The number of amides is 1. The van der Waals surface area contributed by atoms with Gasteiger partial charge in [0.15, 0.2) is 0 Å². The second-order valence-electron chi connectivity index (χ2n) is 6.86. The Kier molecular flexibility index (Phi) is 5.10. The van der Waals surface area contributed by atoms with Crippen molar-refractivity contribution in [1.82, 2.24) is 4.90 Å². The van der Waals surface area contributed by atoms with Crippen molar-refractivity contribution in [3.05, 3.63) is 0 Å². The van der Waals surface area contributed by atoms with E-state index in [1.807, 2.05) is 25.7 Å². The standard InChI is InChI=1S/C14H26BrNO2/c1-13(2,3)18-12(17)16-8-6-11(7-9-16)14(4,5)10-15/h11H,6-10H2,1-5H3. The van der Waals surface area contributed by atoms with Gasteiger partial charge >= 0.3 is 6.09 Å². The van der Waals surface area contributed by atoms with Crippen LogP contribution in [0.2, 0.25) is 0 Å². The maximum Gasteiger partial charge on any atom is 0.410 e. The smallest absolute Gasteiger partial charge is 0.410 e. The van der Waals surface area contributed by atoms with E-state index in [0.717, 1.165) is 31.3 Å². The van der Waals surface area contributed by atoms with Crippen molar-refractivity contribution >= 4 is 22.0 Å². The third-order valence-corrected chi connectivity index (χ3v) is 5.04. The van der Waals surface area contributed by atoms with Crippen molar-refractivity contribution in [2.24, 2.45) is 11.3 Å². The average molecular weight is 320 g/mol. The van der Waals surface area contributed by atoms with Gasteiger partial charge in [0.25, 0.3) is 0 Å². The molecule has 0 atom stereocenters. The Morgan fingerprint density at radius 2 is 1.72 bits per heavy atom. The molecule has 1 rings (SSSR count). The summed E-state index contributed by atoms with van der Waals surface area (Å²) in [6, 6.07) is 0. The van der Waals surface area contributed by atoms with Gasteiger partial charge in [0.2, 0.25) is 0 Å². The Labute approximate surface area is 119 Å².